The molecule has 3 heteroatoms. The lowest BCUT2D eigenvalue weighted by Gasteiger charge is -2.23. The zero-order valence-electron chi connectivity index (χ0n) is 12.2. The van der Waals surface area contributed by atoms with Gasteiger partial charge in [-0.25, -0.2) is 4.39 Å². The van der Waals surface area contributed by atoms with Crippen molar-refractivity contribution in [1.82, 2.24) is 0 Å². The molecule has 1 aliphatic rings. The van der Waals surface area contributed by atoms with Gasteiger partial charge in [-0.1, -0.05) is 24.1 Å². The van der Waals surface area contributed by atoms with E-state index in [-0.39, 0.29) is 17.7 Å². The Kier molecular flexibility index (Phi) is 4.41. The number of ether oxygens (including phenoxy) is 2. The first kappa shape index (κ1) is 14.6. The van der Waals surface area contributed by atoms with Gasteiger partial charge in [0.05, 0.1) is 12.2 Å². The molecule has 22 heavy (non-hydrogen) atoms. The number of hydrogen-bond acceptors (Lipinski definition) is 2. The van der Waals surface area contributed by atoms with Gasteiger partial charge < -0.3 is 9.47 Å². The van der Waals surface area contributed by atoms with Gasteiger partial charge in [0, 0.05) is 6.42 Å². The highest BCUT2D eigenvalue weighted by Gasteiger charge is 2.15. The normalized spacial score (nSPS) is 17.7. The fourth-order valence-corrected chi connectivity index (χ4v) is 2.50. The molecule has 0 saturated carbocycles. The van der Waals surface area contributed by atoms with Gasteiger partial charge in [0.2, 0.25) is 0 Å². The maximum atomic E-state index is 13.4. The van der Waals surface area contributed by atoms with Crippen LogP contribution < -0.4 is 4.74 Å². The van der Waals surface area contributed by atoms with Crippen molar-refractivity contribution in [2.75, 3.05) is 6.61 Å². The van der Waals surface area contributed by atoms with Gasteiger partial charge in [0.25, 0.3) is 0 Å². The summed E-state index contributed by atoms with van der Waals surface area (Å²) in [5.41, 5.74) is 2.12. The third-order valence-electron chi connectivity index (χ3n) is 3.71. The van der Waals surface area contributed by atoms with E-state index in [1.54, 1.807) is 12.1 Å². The Morgan fingerprint density at radius 2 is 1.86 bits per heavy atom. The molecule has 0 amide bonds. The molecule has 3 rings (SSSR count). The number of benzene rings is 2. The summed E-state index contributed by atoms with van der Waals surface area (Å²) in [7, 11) is 0. The summed E-state index contributed by atoms with van der Waals surface area (Å²) in [6, 6.07) is 12.5. The van der Waals surface area contributed by atoms with Gasteiger partial charge >= 0.3 is 0 Å². The number of rotatable bonds is 3. The van der Waals surface area contributed by atoms with E-state index in [4.69, 9.17) is 15.9 Å². The molecule has 2 aromatic rings. The first-order chi connectivity index (χ1) is 10.8. The molecule has 2 aromatic carbocycles. The van der Waals surface area contributed by atoms with Crippen molar-refractivity contribution in [3.8, 4) is 29.2 Å². The van der Waals surface area contributed by atoms with Crippen LogP contribution in [0, 0.1) is 18.2 Å². The molecule has 1 heterocycles. The van der Waals surface area contributed by atoms with Crippen molar-refractivity contribution in [1.29, 1.82) is 0 Å². The molecule has 1 atom stereocenters. The molecule has 0 N–H and O–H groups in total. The average molecular weight is 296 g/mol. The second-order valence-electron chi connectivity index (χ2n) is 5.28. The lowest BCUT2D eigenvalue weighted by atomic mass is 10.0. The molecule has 0 aliphatic carbocycles. The van der Waals surface area contributed by atoms with E-state index in [9.17, 15) is 4.39 Å². The minimum atomic E-state index is -0.374. The van der Waals surface area contributed by atoms with Gasteiger partial charge in [0.1, 0.15) is 11.6 Å². The molecule has 0 spiro atoms. The molecule has 1 saturated heterocycles. The SMILES string of the molecule is C#Cc1cc(-c2ccc(OC3CCCCO3)cc2)ccc1F. The van der Waals surface area contributed by atoms with E-state index in [1.807, 2.05) is 24.3 Å². The lowest BCUT2D eigenvalue weighted by molar-refractivity contribution is -0.105. The summed E-state index contributed by atoms with van der Waals surface area (Å²) in [6.45, 7) is 0.757. The lowest BCUT2D eigenvalue weighted by Crippen LogP contribution is -2.24. The van der Waals surface area contributed by atoms with Crippen LogP contribution in [0.1, 0.15) is 24.8 Å². The van der Waals surface area contributed by atoms with Crippen LogP contribution in [0.2, 0.25) is 0 Å². The summed E-state index contributed by atoms with van der Waals surface area (Å²) < 4.78 is 24.8. The van der Waals surface area contributed by atoms with Crippen molar-refractivity contribution in [3.05, 3.63) is 53.8 Å². The van der Waals surface area contributed by atoms with Gasteiger partial charge in [-0.15, -0.1) is 6.42 Å². The largest absolute Gasteiger partial charge is 0.465 e. The molecule has 0 bridgehead atoms. The molecule has 1 fully saturated rings. The molecular weight excluding hydrogens is 279 g/mol. The Morgan fingerprint density at radius 1 is 1.09 bits per heavy atom. The van der Waals surface area contributed by atoms with Crippen LogP contribution >= 0.6 is 0 Å². The Labute approximate surface area is 129 Å². The highest BCUT2D eigenvalue weighted by molar-refractivity contribution is 5.66. The van der Waals surface area contributed by atoms with Crippen molar-refractivity contribution in [3.63, 3.8) is 0 Å². The molecule has 0 aromatic heterocycles. The highest BCUT2D eigenvalue weighted by atomic mass is 19.1. The van der Waals surface area contributed by atoms with E-state index >= 15 is 0 Å². The van der Waals surface area contributed by atoms with Gasteiger partial charge in [0.15, 0.2) is 6.29 Å². The highest BCUT2D eigenvalue weighted by Crippen LogP contribution is 2.25. The van der Waals surface area contributed by atoms with E-state index in [0.717, 1.165) is 42.7 Å². The zero-order valence-corrected chi connectivity index (χ0v) is 12.2. The van der Waals surface area contributed by atoms with Gasteiger partial charge in [-0.3, -0.25) is 0 Å². The molecule has 1 aliphatic heterocycles. The fraction of sp³-hybridized carbons (Fsp3) is 0.263. The quantitative estimate of drug-likeness (QED) is 0.783. The minimum Gasteiger partial charge on any atom is -0.465 e. The Balaban J connectivity index is 1.75. The van der Waals surface area contributed by atoms with E-state index in [0.29, 0.717) is 0 Å². The van der Waals surface area contributed by atoms with Gasteiger partial charge in [-0.2, -0.15) is 0 Å². The number of halogens is 1. The molecule has 1 unspecified atom stereocenters. The van der Waals surface area contributed by atoms with E-state index in [1.165, 1.54) is 6.07 Å². The monoisotopic (exact) mass is 296 g/mol. The predicted octanol–water partition coefficient (Wildman–Crippen LogP) is 4.38. The van der Waals surface area contributed by atoms with Crippen LogP contribution in [-0.4, -0.2) is 12.9 Å². The Bertz CT molecular complexity index is 680. The van der Waals surface area contributed by atoms with Crippen molar-refractivity contribution in [2.24, 2.45) is 0 Å². The first-order valence-corrected chi connectivity index (χ1v) is 7.41. The van der Waals surface area contributed by atoms with Crippen LogP contribution in [0.5, 0.6) is 5.75 Å². The van der Waals surface area contributed by atoms with Crippen molar-refractivity contribution < 1.29 is 13.9 Å². The average Bonchev–Trinajstić information content (AvgIpc) is 2.57. The molecule has 2 nitrogen and oxygen atoms in total. The minimum absolute atomic E-state index is 0.154. The van der Waals surface area contributed by atoms with Crippen LogP contribution in [0.4, 0.5) is 4.39 Å². The van der Waals surface area contributed by atoms with E-state index < -0.39 is 0 Å². The zero-order chi connectivity index (χ0) is 15.4. The summed E-state index contributed by atoms with van der Waals surface area (Å²) in [4.78, 5) is 0. The summed E-state index contributed by atoms with van der Waals surface area (Å²) in [5.74, 6) is 2.75. The maximum Gasteiger partial charge on any atom is 0.199 e. The summed E-state index contributed by atoms with van der Waals surface area (Å²) in [5, 5.41) is 0. The topological polar surface area (TPSA) is 18.5 Å². The number of terminal acetylenes is 1. The molecule has 112 valence electrons. The molecular formula is C19H17FO2. The van der Waals surface area contributed by atoms with Crippen LogP contribution in [0.25, 0.3) is 11.1 Å². The maximum absolute atomic E-state index is 13.4. The third-order valence-corrected chi connectivity index (χ3v) is 3.71. The first-order valence-electron chi connectivity index (χ1n) is 7.41. The second kappa shape index (κ2) is 6.64. The smallest absolute Gasteiger partial charge is 0.199 e. The standard InChI is InChI=1S/C19H17FO2/c1-2-14-13-16(8-11-18(14)20)15-6-9-17(10-7-15)22-19-5-3-4-12-21-19/h1,6-11,13,19H,3-5,12H2. The van der Waals surface area contributed by atoms with Crippen molar-refractivity contribution in [2.45, 2.75) is 25.6 Å². The predicted molar refractivity (Wildman–Crippen MR) is 84.0 cm³/mol. The van der Waals surface area contributed by atoms with Crippen molar-refractivity contribution >= 4 is 0 Å². The Morgan fingerprint density at radius 3 is 2.55 bits per heavy atom. The molecule has 0 radical (unpaired) electrons. The summed E-state index contributed by atoms with van der Waals surface area (Å²) in [6.07, 6.45) is 8.30. The second-order valence-corrected chi connectivity index (χ2v) is 5.28. The Hall–Kier alpha value is -2.31. The third kappa shape index (κ3) is 3.29. The van der Waals surface area contributed by atoms with E-state index in [2.05, 4.69) is 5.92 Å². The van der Waals surface area contributed by atoms with Crippen LogP contribution in [0.15, 0.2) is 42.5 Å². The summed E-state index contributed by atoms with van der Waals surface area (Å²) >= 11 is 0. The van der Waals surface area contributed by atoms with Crippen LogP contribution in [0.3, 0.4) is 0 Å². The fourth-order valence-electron chi connectivity index (χ4n) is 2.50. The van der Waals surface area contributed by atoms with Gasteiger partial charge in [-0.05, 0) is 48.2 Å². The number of hydrogen-bond donors (Lipinski definition) is 0. The van der Waals surface area contributed by atoms with Crippen LogP contribution in [-0.2, 0) is 4.74 Å².